The standard InChI is InChI=1S/C16H13BrFN/c1-16(11-19,10-12-6-3-2-4-7-12)13-8-5-9-14(17)15(13)18/h2-9H,10H2,1H3. The molecule has 0 aliphatic carbocycles. The SMILES string of the molecule is CC(C#N)(Cc1ccccc1)c1cccc(Br)c1F. The Bertz CT molecular complexity index is 618. The van der Waals surface area contributed by atoms with E-state index in [1.807, 2.05) is 30.3 Å². The fourth-order valence-corrected chi connectivity index (χ4v) is 2.50. The summed E-state index contributed by atoms with van der Waals surface area (Å²) in [6.45, 7) is 1.77. The largest absolute Gasteiger partial charge is 0.205 e. The summed E-state index contributed by atoms with van der Waals surface area (Å²) in [6.07, 6.45) is 0.484. The molecule has 0 aliphatic rings. The van der Waals surface area contributed by atoms with Gasteiger partial charge in [-0.25, -0.2) is 4.39 Å². The molecular formula is C16H13BrFN. The summed E-state index contributed by atoms with van der Waals surface area (Å²) in [5, 5.41) is 9.48. The molecule has 0 N–H and O–H groups in total. The van der Waals surface area contributed by atoms with Crippen LogP contribution in [0.4, 0.5) is 4.39 Å². The number of nitriles is 1. The fourth-order valence-electron chi connectivity index (χ4n) is 2.13. The number of nitrogens with zero attached hydrogens (tertiary/aromatic N) is 1. The zero-order chi connectivity index (χ0) is 13.9. The summed E-state index contributed by atoms with van der Waals surface area (Å²) in [7, 11) is 0. The summed E-state index contributed by atoms with van der Waals surface area (Å²) >= 11 is 3.17. The Kier molecular flexibility index (Phi) is 4.01. The van der Waals surface area contributed by atoms with Crippen LogP contribution in [0, 0.1) is 17.1 Å². The molecule has 96 valence electrons. The third kappa shape index (κ3) is 2.85. The first kappa shape index (κ1) is 13.8. The average Bonchev–Trinajstić information content (AvgIpc) is 2.43. The van der Waals surface area contributed by atoms with Crippen LogP contribution in [0.15, 0.2) is 53.0 Å². The lowest BCUT2D eigenvalue weighted by atomic mass is 9.78. The number of halogens is 2. The van der Waals surface area contributed by atoms with Gasteiger partial charge in [-0.3, -0.25) is 0 Å². The van der Waals surface area contributed by atoms with Gasteiger partial charge in [0.15, 0.2) is 0 Å². The minimum absolute atomic E-state index is 0.359. The van der Waals surface area contributed by atoms with Crippen molar-refractivity contribution in [2.75, 3.05) is 0 Å². The van der Waals surface area contributed by atoms with Crippen LogP contribution < -0.4 is 0 Å². The van der Waals surface area contributed by atoms with E-state index in [-0.39, 0.29) is 5.82 Å². The molecule has 0 fully saturated rings. The van der Waals surface area contributed by atoms with Crippen LogP contribution in [0.25, 0.3) is 0 Å². The highest BCUT2D eigenvalue weighted by atomic mass is 79.9. The summed E-state index contributed by atoms with van der Waals surface area (Å²) < 4.78 is 14.6. The van der Waals surface area contributed by atoms with Crippen LogP contribution in [0.5, 0.6) is 0 Å². The number of hydrogen-bond acceptors (Lipinski definition) is 1. The first-order valence-corrected chi connectivity index (χ1v) is 6.76. The number of hydrogen-bond donors (Lipinski definition) is 0. The van der Waals surface area contributed by atoms with E-state index in [2.05, 4.69) is 22.0 Å². The van der Waals surface area contributed by atoms with Gasteiger partial charge in [-0.2, -0.15) is 5.26 Å². The molecule has 0 saturated heterocycles. The first-order valence-electron chi connectivity index (χ1n) is 5.96. The van der Waals surface area contributed by atoms with Gasteiger partial charge in [0.25, 0.3) is 0 Å². The van der Waals surface area contributed by atoms with E-state index in [0.29, 0.717) is 16.5 Å². The molecule has 0 heterocycles. The second-order valence-corrected chi connectivity index (χ2v) is 5.56. The Morgan fingerprint density at radius 1 is 1.16 bits per heavy atom. The quantitative estimate of drug-likeness (QED) is 0.810. The third-order valence-corrected chi connectivity index (χ3v) is 3.81. The van der Waals surface area contributed by atoms with Crippen molar-refractivity contribution >= 4 is 15.9 Å². The highest BCUT2D eigenvalue weighted by Crippen LogP contribution is 2.32. The van der Waals surface area contributed by atoms with Crippen molar-refractivity contribution in [1.29, 1.82) is 5.26 Å². The molecule has 0 radical (unpaired) electrons. The Balaban J connectivity index is 2.43. The van der Waals surface area contributed by atoms with Gasteiger partial charge in [0.05, 0.1) is 16.0 Å². The van der Waals surface area contributed by atoms with Crippen molar-refractivity contribution in [1.82, 2.24) is 0 Å². The molecule has 1 unspecified atom stereocenters. The van der Waals surface area contributed by atoms with Gasteiger partial charge >= 0.3 is 0 Å². The minimum Gasteiger partial charge on any atom is -0.205 e. The molecule has 0 aromatic heterocycles. The van der Waals surface area contributed by atoms with Crippen molar-refractivity contribution in [3.05, 3.63) is 69.9 Å². The lowest BCUT2D eigenvalue weighted by Crippen LogP contribution is -2.24. The van der Waals surface area contributed by atoms with Gasteiger partial charge in [-0.05, 0) is 40.9 Å². The normalized spacial score (nSPS) is 13.6. The summed E-state index contributed by atoms with van der Waals surface area (Å²) in [5.41, 5.74) is 0.564. The van der Waals surface area contributed by atoms with Gasteiger partial charge in [0, 0.05) is 5.56 Å². The first-order chi connectivity index (χ1) is 9.07. The maximum Gasteiger partial charge on any atom is 0.142 e. The van der Waals surface area contributed by atoms with E-state index in [9.17, 15) is 9.65 Å². The molecule has 3 heteroatoms. The Labute approximate surface area is 120 Å². The predicted octanol–water partition coefficient (Wildman–Crippen LogP) is 4.61. The molecule has 2 rings (SSSR count). The van der Waals surface area contributed by atoms with E-state index in [1.54, 1.807) is 25.1 Å². The van der Waals surface area contributed by atoms with E-state index in [1.165, 1.54) is 0 Å². The fraction of sp³-hybridized carbons (Fsp3) is 0.188. The Hall–Kier alpha value is -1.66. The van der Waals surface area contributed by atoms with Crippen LogP contribution in [0.2, 0.25) is 0 Å². The molecule has 2 aromatic carbocycles. The molecule has 0 amide bonds. The van der Waals surface area contributed by atoms with Crippen molar-refractivity contribution in [3.8, 4) is 6.07 Å². The molecule has 1 atom stereocenters. The molecule has 1 nitrogen and oxygen atoms in total. The lowest BCUT2D eigenvalue weighted by molar-refractivity contribution is 0.531. The Morgan fingerprint density at radius 3 is 2.47 bits per heavy atom. The molecule has 2 aromatic rings. The second kappa shape index (κ2) is 5.54. The smallest absolute Gasteiger partial charge is 0.142 e. The highest BCUT2D eigenvalue weighted by Gasteiger charge is 2.30. The van der Waals surface area contributed by atoms with Crippen LogP contribution in [-0.2, 0) is 11.8 Å². The predicted molar refractivity (Wildman–Crippen MR) is 77.2 cm³/mol. The number of rotatable bonds is 3. The van der Waals surface area contributed by atoms with E-state index in [0.717, 1.165) is 5.56 Å². The topological polar surface area (TPSA) is 23.8 Å². The maximum atomic E-state index is 14.2. The second-order valence-electron chi connectivity index (χ2n) is 4.71. The molecular weight excluding hydrogens is 305 g/mol. The Morgan fingerprint density at radius 2 is 1.84 bits per heavy atom. The van der Waals surface area contributed by atoms with Gasteiger partial charge < -0.3 is 0 Å². The van der Waals surface area contributed by atoms with Crippen LogP contribution >= 0.6 is 15.9 Å². The molecule has 0 spiro atoms. The third-order valence-electron chi connectivity index (χ3n) is 3.19. The molecule has 0 bridgehead atoms. The molecule has 19 heavy (non-hydrogen) atoms. The van der Waals surface area contributed by atoms with Gasteiger partial charge in [0.2, 0.25) is 0 Å². The zero-order valence-corrected chi connectivity index (χ0v) is 12.1. The van der Waals surface area contributed by atoms with Crippen molar-refractivity contribution in [3.63, 3.8) is 0 Å². The summed E-state index contributed by atoms with van der Waals surface area (Å²) in [6, 6.07) is 17.0. The van der Waals surface area contributed by atoms with Crippen LogP contribution in [0.3, 0.4) is 0 Å². The van der Waals surface area contributed by atoms with Gasteiger partial charge in [-0.1, -0.05) is 42.5 Å². The van der Waals surface area contributed by atoms with Crippen LogP contribution in [0.1, 0.15) is 18.1 Å². The molecule has 0 saturated carbocycles. The zero-order valence-electron chi connectivity index (χ0n) is 10.5. The summed E-state index contributed by atoms with van der Waals surface area (Å²) in [4.78, 5) is 0. The molecule has 0 aliphatic heterocycles. The van der Waals surface area contributed by atoms with E-state index in [4.69, 9.17) is 0 Å². The van der Waals surface area contributed by atoms with Crippen LogP contribution in [-0.4, -0.2) is 0 Å². The van der Waals surface area contributed by atoms with E-state index < -0.39 is 5.41 Å². The monoisotopic (exact) mass is 317 g/mol. The van der Waals surface area contributed by atoms with Crippen molar-refractivity contribution in [2.45, 2.75) is 18.8 Å². The average molecular weight is 318 g/mol. The van der Waals surface area contributed by atoms with Gasteiger partial charge in [0.1, 0.15) is 5.82 Å². The highest BCUT2D eigenvalue weighted by molar-refractivity contribution is 9.10. The van der Waals surface area contributed by atoms with Gasteiger partial charge in [-0.15, -0.1) is 0 Å². The summed E-state index contributed by atoms with van der Waals surface area (Å²) in [5.74, 6) is -0.359. The van der Waals surface area contributed by atoms with E-state index >= 15 is 0 Å². The number of benzene rings is 2. The minimum atomic E-state index is -0.880. The van der Waals surface area contributed by atoms with Crippen molar-refractivity contribution in [2.24, 2.45) is 0 Å². The maximum absolute atomic E-state index is 14.2. The van der Waals surface area contributed by atoms with Crippen molar-refractivity contribution < 1.29 is 4.39 Å². The lowest BCUT2D eigenvalue weighted by Gasteiger charge is -2.23.